The number of hydrogen-bond donors (Lipinski definition) is 1. The molecule has 0 fully saturated rings. The average molecular weight is 265 g/mol. The first-order valence-corrected chi connectivity index (χ1v) is 6.09. The first-order chi connectivity index (χ1) is 8.93. The summed E-state index contributed by atoms with van der Waals surface area (Å²) >= 11 is 0. The molecule has 1 aromatic carbocycles. The number of benzene rings is 1. The molecule has 1 N–H and O–H groups in total. The minimum absolute atomic E-state index is 0.133. The van der Waals surface area contributed by atoms with Crippen LogP contribution in [0, 0.1) is 5.92 Å². The Morgan fingerprint density at radius 2 is 1.84 bits per heavy atom. The fourth-order valence-corrected chi connectivity index (χ4v) is 1.83. The van der Waals surface area contributed by atoms with Gasteiger partial charge in [0.2, 0.25) is 0 Å². The third kappa shape index (κ3) is 4.28. The number of aliphatic carboxylic acids is 1. The summed E-state index contributed by atoms with van der Waals surface area (Å²) in [4.78, 5) is 24.0. The van der Waals surface area contributed by atoms with Crippen molar-refractivity contribution in [1.82, 2.24) is 4.90 Å². The lowest BCUT2D eigenvalue weighted by molar-refractivity contribution is -0.143. The minimum Gasteiger partial charge on any atom is -0.480 e. The zero-order valence-electron chi connectivity index (χ0n) is 11.4. The van der Waals surface area contributed by atoms with Crippen molar-refractivity contribution in [2.45, 2.75) is 26.5 Å². The van der Waals surface area contributed by atoms with Gasteiger partial charge in [-0.1, -0.05) is 44.2 Å². The Hall–Kier alpha value is -2.04. The van der Waals surface area contributed by atoms with Crippen LogP contribution >= 0.6 is 0 Å². The minimum atomic E-state index is -1.03. The summed E-state index contributed by atoms with van der Waals surface area (Å²) in [7, 11) is 1.44. The van der Waals surface area contributed by atoms with Crippen molar-refractivity contribution in [3.05, 3.63) is 35.9 Å². The summed E-state index contributed by atoms with van der Waals surface area (Å²) in [6, 6.07) is 8.36. The molecule has 0 aliphatic heterocycles. The predicted octanol–water partition coefficient (Wildman–Crippen LogP) is 2.36. The molecule has 5 heteroatoms. The Bertz CT molecular complexity index is 430. The molecule has 5 nitrogen and oxygen atoms in total. The lowest BCUT2D eigenvalue weighted by Gasteiger charge is -2.26. The predicted molar refractivity (Wildman–Crippen MR) is 70.7 cm³/mol. The van der Waals surface area contributed by atoms with Crippen LogP contribution in [0.15, 0.2) is 30.3 Å². The summed E-state index contributed by atoms with van der Waals surface area (Å²) in [5.41, 5.74) is 0.862. The number of carboxylic acid groups (broad SMARTS) is 1. The quantitative estimate of drug-likeness (QED) is 0.887. The molecule has 0 aromatic heterocycles. The highest BCUT2D eigenvalue weighted by molar-refractivity contribution is 5.80. The Kier molecular flexibility index (Phi) is 5.36. The lowest BCUT2D eigenvalue weighted by atomic mass is 10.0. The highest BCUT2D eigenvalue weighted by atomic mass is 16.6. The normalized spacial score (nSPS) is 12.0. The van der Waals surface area contributed by atoms with Crippen LogP contribution in [0.4, 0.5) is 4.79 Å². The SMILES string of the molecule is CC(C)C(C(=O)O)N(C)C(=O)OCc1ccccc1. The Morgan fingerprint density at radius 3 is 2.32 bits per heavy atom. The molecule has 1 rings (SSSR count). The van der Waals surface area contributed by atoms with Gasteiger partial charge in [-0.3, -0.25) is 4.90 Å². The second-order valence-corrected chi connectivity index (χ2v) is 4.68. The first-order valence-electron chi connectivity index (χ1n) is 6.09. The van der Waals surface area contributed by atoms with Gasteiger partial charge in [0.05, 0.1) is 0 Å². The third-order valence-corrected chi connectivity index (χ3v) is 2.79. The topological polar surface area (TPSA) is 66.8 Å². The molecule has 19 heavy (non-hydrogen) atoms. The monoisotopic (exact) mass is 265 g/mol. The van der Waals surface area contributed by atoms with E-state index in [1.54, 1.807) is 13.8 Å². The molecule has 0 aliphatic carbocycles. The van der Waals surface area contributed by atoms with Crippen molar-refractivity contribution in [3.8, 4) is 0 Å². The fourth-order valence-electron chi connectivity index (χ4n) is 1.83. The molecular weight excluding hydrogens is 246 g/mol. The molecule has 0 heterocycles. The summed E-state index contributed by atoms with van der Waals surface area (Å²) in [6.07, 6.45) is -0.634. The number of carbonyl (C=O) groups is 2. The summed E-state index contributed by atoms with van der Waals surface area (Å²) in [5, 5.41) is 9.10. The number of carboxylic acids is 1. The molecule has 0 aliphatic rings. The van der Waals surface area contributed by atoms with Gasteiger partial charge in [0.1, 0.15) is 12.6 Å². The van der Waals surface area contributed by atoms with E-state index >= 15 is 0 Å². The van der Waals surface area contributed by atoms with Crippen molar-refractivity contribution in [2.75, 3.05) is 7.05 Å². The van der Waals surface area contributed by atoms with Gasteiger partial charge in [-0.25, -0.2) is 9.59 Å². The number of ether oxygens (including phenoxy) is 1. The molecule has 1 amide bonds. The molecular formula is C14H19NO4. The van der Waals surface area contributed by atoms with E-state index in [1.807, 2.05) is 30.3 Å². The third-order valence-electron chi connectivity index (χ3n) is 2.79. The van der Waals surface area contributed by atoms with Crippen LogP contribution < -0.4 is 0 Å². The van der Waals surface area contributed by atoms with Gasteiger partial charge in [0.15, 0.2) is 0 Å². The molecule has 0 bridgehead atoms. The lowest BCUT2D eigenvalue weighted by Crippen LogP contribution is -2.45. The molecule has 0 spiro atoms. The molecule has 1 atom stereocenters. The Balaban J connectivity index is 2.59. The van der Waals surface area contributed by atoms with Crippen LogP contribution in [0.1, 0.15) is 19.4 Å². The number of hydrogen-bond acceptors (Lipinski definition) is 3. The van der Waals surface area contributed by atoms with Crippen LogP contribution in [-0.2, 0) is 16.1 Å². The summed E-state index contributed by atoms with van der Waals surface area (Å²) in [5.74, 6) is -1.22. The molecule has 1 aromatic rings. The second kappa shape index (κ2) is 6.78. The zero-order valence-corrected chi connectivity index (χ0v) is 11.4. The maximum absolute atomic E-state index is 11.8. The Morgan fingerprint density at radius 1 is 1.26 bits per heavy atom. The largest absolute Gasteiger partial charge is 0.480 e. The molecule has 0 saturated carbocycles. The van der Waals surface area contributed by atoms with Crippen LogP contribution in [0.2, 0.25) is 0 Å². The molecule has 0 saturated heterocycles. The Labute approximate surface area is 112 Å². The number of rotatable bonds is 5. The van der Waals surface area contributed by atoms with Gasteiger partial charge in [0.25, 0.3) is 0 Å². The van der Waals surface area contributed by atoms with E-state index in [0.29, 0.717) is 0 Å². The van der Waals surface area contributed by atoms with Crippen molar-refractivity contribution in [2.24, 2.45) is 5.92 Å². The van der Waals surface area contributed by atoms with E-state index in [2.05, 4.69) is 0 Å². The van der Waals surface area contributed by atoms with E-state index in [1.165, 1.54) is 7.05 Å². The van der Waals surface area contributed by atoms with Gasteiger partial charge in [-0.2, -0.15) is 0 Å². The molecule has 1 unspecified atom stereocenters. The smallest absolute Gasteiger partial charge is 0.410 e. The fraction of sp³-hybridized carbons (Fsp3) is 0.429. The number of carbonyl (C=O) groups excluding carboxylic acids is 1. The standard InChI is InChI=1S/C14H19NO4/c1-10(2)12(13(16)17)15(3)14(18)19-9-11-7-5-4-6-8-11/h4-8,10,12H,9H2,1-3H3,(H,16,17). The highest BCUT2D eigenvalue weighted by Gasteiger charge is 2.30. The maximum atomic E-state index is 11.8. The molecule has 0 radical (unpaired) electrons. The van der Waals surface area contributed by atoms with Crippen LogP contribution in [0.3, 0.4) is 0 Å². The van der Waals surface area contributed by atoms with Crippen molar-refractivity contribution in [1.29, 1.82) is 0 Å². The van der Waals surface area contributed by atoms with E-state index in [-0.39, 0.29) is 12.5 Å². The van der Waals surface area contributed by atoms with E-state index in [4.69, 9.17) is 9.84 Å². The van der Waals surface area contributed by atoms with E-state index < -0.39 is 18.1 Å². The summed E-state index contributed by atoms with van der Waals surface area (Å²) in [6.45, 7) is 3.63. The second-order valence-electron chi connectivity index (χ2n) is 4.68. The van der Waals surface area contributed by atoms with Gasteiger partial charge < -0.3 is 9.84 Å². The maximum Gasteiger partial charge on any atom is 0.410 e. The van der Waals surface area contributed by atoms with Gasteiger partial charge >= 0.3 is 12.1 Å². The highest BCUT2D eigenvalue weighted by Crippen LogP contribution is 2.11. The van der Waals surface area contributed by atoms with E-state index in [0.717, 1.165) is 10.5 Å². The summed E-state index contributed by atoms with van der Waals surface area (Å²) < 4.78 is 5.09. The van der Waals surface area contributed by atoms with Gasteiger partial charge in [0, 0.05) is 7.05 Å². The number of likely N-dealkylation sites (N-methyl/N-ethyl adjacent to an activating group) is 1. The van der Waals surface area contributed by atoms with Crippen molar-refractivity contribution in [3.63, 3.8) is 0 Å². The first kappa shape index (κ1) is 15.0. The van der Waals surface area contributed by atoms with Gasteiger partial charge in [-0.15, -0.1) is 0 Å². The van der Waals surface area contributed by atoms with Crippen LogP contribution in [0.25, 0.3) is 0 Å². The molecule has 104 valence electrons. The van der Waals surface area contributed by atoms with Gasteiger partial charge in [-0.05, 0) is 11.5 Å². The van der Waals surface area contributed by atoms with Crippen molar-refractivity contribution >= 4 is 12.1 Å². The van der Waals surface area contributed by atoms with Crippen LogP contribution in [-0.4, -0.2) is 35.2 Å². The van der Waals surface area contributed by atoms with E-state index in [9.17, 15) is 9.59 Å². The van der Waals surface area contributed by atoms with Crippen molar-refractivity contribution < 1.29 is 19.4 Å². The van der Waals surface area contributed by atoms with Crippen LogP contribution in [0.5, 0.6) is 0 Å². The number of nitrogens with zero attached hydrogens (tertiary/aromatic N) is 1. The average Bonchev–Trinajstić information content (AvgIpc) is 2.36. The zero-order chi connectivity index (χ0) is 14.4. The number of amides is 1.